The Bertz CT molecular complexity index is 728. The van der Waals surface area contributed by atoms with Gasteiger partial charge in [-0.05, 0) is 37.8 Å². The van der Waals surface area contributed by atoms with Crippen molar-refractivity contribution in [1.29, 1.82) is 0 Å². The first kappa shape index (κ1) is 22.7. The lowest BCUT2D eigenvalue weighted by Gasteiger charge is -2.22. The van der Waals surface area contributed by atoms with E-state index in [-0.39, 0.29) is 23.3 Å². The monoisotopic (exact) mass is 399 g/mol. The highest BCUT2D eigenvalue weighted by atomic mass is 16.4. The van der Waals surface area contributed by atoms with Gasteiger partial charge in [0.2, 0.25) is 11.7 Å². The summed E-state index contributed by atoms with van der Waals surface area (Å²) in [6.07, 6.45) is 3.37. The quantitative estimate of drug-likeness (QED) is 0.541. The number of carbonyl (C=O) groups is 2. The standard InChI is InChI=1S/C23H33N3O3/c1-5-14-25(15-6-2)22(27)19-20(23(28)26(16-7-3)17-8-4)29-21(24-19)18-12-10-9-11-13-18/h9-13H,5-8,14-17H2,1-4H3. The Labute approximate surface area is 173 Å². The molecule has 2 aromatic rings. The summed E-state index contributed by atoms with van der Waals surface area (Å²) in [4.78, 5) is 34.5. The summed E-state index contributed by atoms with van der Waals surface area (Å²) in [7, 11) is 0. The number of nitrogens with zero attached hydrogens (tertiary/aromatic N) is 3. The number of aromatic nitrogens is 1. The van der Waals surface area contributed by atoms with Crippen molar-refractivity contribution < 1.29 is 14.0 Å². The molecular formula is C23H33N3O3. The normalized spacial score (nSPS) is 10.8. The second kappa shape index (κ2) is 11.4. The second-order valence-electron chi connectivity index (χ2n) is 7.15. The molecule has 1 aromatic heterocycles. The van der Waals surface area contributed by atoms with Crippen LogP contribution >= 0.6 is 0 Å². The van der Waals surface area contributed by atoms with E-state index in [0.717, 1.165) is 31.2 Å². The lowest BCUT2D eigenvalue weighted by atomic mass is 10.2. The van der Waals surface area contributed by atoms with E-state index < -0.39 is 0 Å². The number of rotatable bonds is 11. The fourth-order valence-electron chi connectivity index (χ4n) is 3.32. The van der Waals surface area contributed by atoms with E-state index in [0.29, 0.717) is 32.1 Å². The molecule has 29 heavy (non-hydrogen) atoms. The summed E-state index contributed by atoms with van der Waals surface area (Å²) >= 11 is 0. The van der Waals surface area contributed by atoms with Crippen LogP contribution < -0.4 is 0 Å². The molecule has 6 heteroatoms. The van der Waals surface area contributed by atoms with Crippen LogP contribution in [-0.2, 0) is 0 Å². The van der Waals surface area contributed by atoms with Crippen LogP contribution in [0.25, 0.3) is 11.5 Å². The summed E-state index contributed by atoms with van der Waals surface area (Å²) in [6.45, 7) is 10.6. The molecule has 0 radical (unpaired) electrons. The van der Waals surface area contributed by atoms with Gasteiger partial charge >= 0.3 is 0 Å². The van der Waals surface area contributed by atoms with Crippen molar-refractivity contribution in [2.24, 2.45) is 0 Å². The van der Waals surface area contributed by atoms with Gasteiger partial charge in [0.15, 0.2) is 5.69 Å². The predicted molar refractivity (Wildman–Crippen MR) is 115 cm³/mol. The Balaban J connectivity index is 2.50. The molecule has 0 saturated carbocycles. The molecule has 0 aliphatic rings. The molecule has 0 aliphatic carbocycles. The van der Waals surface area contributed by atoms with E-state index >= 15 is 0 Å². The molecule has 1 aromatic carbocycles. The maximum Gasteiger partial charge on any atom is 0.292 e. The first-order valence-corrected chi connectivity index (χ1v) is 10.7. The van der Waals surface area contributed by atoms with Crippen molar-refractivity contribution in [1.82, 2.24) is 14.8 Å². The third-order valence-corrected chi connectivity index (χ3v) is 4.59. The third kappa shape index (κ3) is 5.68. The van der Waals surface area contributed by atoms with Gasteiger partial charge in [0.05, 0.1) is 0 Å². The van der Waals surface area contributed by atoms with Crippen LogP contribution in [0.2, 0.25) is 0 Å². The molecule has 1 heterocycles. The number of hydrogen-bond donors (Lipinski definition) is 0. The first-order valence-electron chi connectivity index (χ1n) is 10.7. The van der Waals surface area contributed by atoms with Crippen LogP contribution in [0.4, 0.5) is 0 Å². The Hall–Kier alpha value is -2.63. The average Bonchev–Trinajstić information content (AvgIpc) is 3.18. The van der Waals surface area contributed by atoms with Crippen LogP contribution in [0.5, 0.6) is 0 Å². The summed E-state index contributed by atoms with van der Waals surface area (Å²) in [5.41, 5.74) is 0.864. The van der Waals surface area contributed by atoms with Crippen molar-refractivity contribution in [2.75, 3.05) is 26.2 Å². The van der Waals surface area contributed by atoms with Crippen molar-refractivity contribution in [3.05, 3.63) is 41.8 Å². The highest BCUT2D eigenvalue weighted by Gasteiger charge is 2.31. The molecule has 158 valence electrons. The number of carbonyl (C=O) groups excluding carboxylic acids is 2. The fraction of sp³-hybridized carbons (Fsp3) is 0.522. The minimum Gasteiger partial charge on any atom is -0.430 e. The molecule has 0 unspecified atom stereocenters. The molecule has 0 aliphatic heterocycles. The maximum absolute atomic E-state index is 13.3. The van der Waals surface area contributed by atoms with Crippen molar-refractivity contribution in [3.8, 4) is 11.5 Å². The van der Waals surface area contributed by atoms with E-state index in [4.69, 9.17) is 4.42 Å². The molecule has 0 atom stereocenters. The Kier molecular flexibility index (Phi) is 8.90. The lowest BCUT2D eigenvalue weighted by molar-refractivity contribution is 0.0691. The average molecular weight is 400 g/mol. The summed E-state index contributed by atoms with van der Waals surface area (Å²) in [5, 5.41) is 0. The SMILES string of the molecule is CCCN(CCC)C(=O)c1nc(-c2ccccc2)oc1C(=O)N(CCC)CCC. The van der Waals surface area contributed by atoms with Crippen molar-refractivity contribution in [2.45, 2.75) is 53.4 Å². The molecule has 2 amide bonds. The van der Waals surface area contributed by atoms with Gasteiger partial charge < -0.3 is 14.2 Å². The van der Waals surface area contributed by atoms with E-state index in [9.17, 15) is 9.59 Å². The van der Waals surface area contributed by atoms with Crippen LogP contribution in [0.1, 0.15) is 74.4 Å². The van der Waals surface area contributed by atoms with Crippen LogP contribution in [-0.4, -0.2) is 52.8 Å². The van der Waals surface area contributed by atoms with E-state index in [1.165, 1.54) is 0 Å². The lowest BCUT2D eigenvalue weighted by Crippen LogP contribution is -2.36. The van der Waals surface area contributed by atoms with Gasteiger partial charge in [0, 0.05) is 31.7 Å². The maximum atomic E-state index is 13.3. The molecule has 0 bridgehead atoms. The van der Waals surface area contributed by atoms with Crippen molar-refractivity contribution in [3.63, 3.8) is 0 Å². The third-order valence-electron chi connectivity index (χ3n) is 4.59. The number of hydrogen-bond acceptors (Lipinski definition) is 4. The molecule has 2 rings (SSSR count). The van der Waals surface area contributed by atoms with Crippen LogP contribution in [0, 0.1) is 0 Å². The van der Waals surface area contributed by atoms with E-state index in [1.54, 1.807) is 9.80 Å². The number of oxazole rings is 1. The zero-order chi connectivity index (χ0) is 21.2. The van der Waals surface area contributed by atoms with Gasteiger partial charge in [-0.1, -0.05) is 45.9 Å². The van der Waals surface area contributed by atoms with Gasteiger partial charge in [-0.15, -0.1) is 0 Å². The molecular weight excluding hydrogens is 366 g/mol. The minimum absolute atomic E-state index is 0.0490. The molecule has 6 nitrogen and oxygen atoms in total. The highest BCUT2D eigenvalue weighted by molar-refractivity contribution is 6.04. The predicted octanol–water partition coefficient (Wildman–Crippen LogP) is 4.87. The Morgan fingerprint density at radius 1 is 0.793 bits per heavy atom. The topological polar surface area (TPSA) is 66.7 Å². The first-order chi connectivity index (χ1) is 14.1. The molecule has 0 spiro atoms. The number of benzene rings is 1. The molecule has 0 fully saturated rings. The molecule has 0 saturated heterocycles. The number of amides is 2. The van der Waals surface area contributed by atoms with Gasteiger partial charge in [0.1, 0.15) is 0 Å². The smallest absolute Gasteiger partial charge is 0.292 e. The van der Waals surface area contributed by atoms with E-state index in [2.05, 4.69) is 4.98 Å². The van der Waals surface area contributed by atoms with E-state index in [1.807, 2.05) is 58.0 Å². The largest absolute Gasteiger partial charge is 0.430 e. The van der Waals surface area contributed by atoms with Crippen LogP contribution in [0.15, 0.2) is 34.7 Å². The van der Waals surface area contributed by atoms with Gasteiger partial charge in [-0.25, -0.2) is 4.98 Å². The fourth-order valence-corrected chi connectivity index (χ4v) is 3.32. The summed E-state index contributed by atoms with van der Waals surface area (Å²) < 4.78 is 5.91. The second-order valence-corrected chi connectivity index (χ2v) is 7.15. The zero-order valence-corrected chi connectivity index (χ0v) is 18.1. The van der Waals surface area contributed by atoms with Gasteiger partial charge in [-0.2, -0.15) is 0 Å². The Morgan fingerprint density at radius 2 is 1.28 bits per heavy atom. The van der Waals surface area contributed by atoms with Crippen molar-refractivity contribution >= 4 is 11.8 Å². The molecule has 0 N–H and O–H groups in total. The van der Waals surface area contributed by atoms with Crippen LogP contribution in [0.3, 0.4) is 0 Å². The summed E-state index contributed by atoms with van der Waals surface area (Å²) in [5.74, 6) is -0.151. The van der Waals surface area contributed by atoms with Gasteiger partial charge in [-0.3, -0.25) is 9.59 Å². The zero-order valence-electron chi connectivity index (χ0n) is 18.1. The minimum atomic E-state index is -0.264. The highest BCUT2D eigenvalue weighted by Crippen LogP contribution is 2.24. The summed E-state index contributed by atoms with van der Waals surface area (Å²) in [6, 6.07) is 9.38. The van der Waals surface area contributed by atoms with Gasteiger partial charge in [0.25, 0.3) is 11.8 Å². The Morgan fingerprint density at radius 3 is 1.76 bits per heavy atom.